The van der Waals surface area contributed by atoms with Crippen LogP contribution in [0.2, 0.25) is 0 Å². The molecule has 46 heteroatoms. The van der Waals surface area contributed by atoms with E-state index in [2.05, 4.69) is 205 Å². The van der Waals surface area contributed by atoms with E-state index >= 15 is 0 Å². The van der Waals surface area contributed by atoms with Crippen LogP contribution >= 0.6 is 0 Å². The van der Waals surface area contributed by atoms with Crippen molar-refractivity contribution in [1.82, 2.24) is 151 Å². The summed E-state index contributed by atoms with van der Waals surface area (Å²) in [5.74, 6) is 2.53. The summed E-state index contributed by atoms with van der Waals surface area (Å²) in [6.07, 6.45) is 3.10. The molecule has 0 aliphatic carbocycles. The van der Waals surface area contributed by atoms with Crippen molar-refractivity contribution in [3.05, 3.63) is 251 Å². The molecule has 16 aromatic rings. The number of hydrogen-bond donors (Lipinski definition) is 0. The van der Waals surface area contributed by atoms with Crippen molar-refractivity contribution < 1.29 is 137 Å². The fourth-order valence-corrected chi connectivity index (χ4v) is 9.70. The predicted molar refractivity (Wildman–Crippen MR) is 408 cm³/mol. The van der Waals surface area contributed by atoms with Gasteiger partial charge in [0.15, 0.2) is 0 Å². The Bertz CT molecular complexity index is 5490. The molecule has 16 rings (SSSR count). The fraction of sp³-hybridized carbons (Fsp3) is 0.256. The molecule has 656 valence electrons. The van der Waals surface area contributed by atoms with E-state index in [-0.39, 0.29) is 152 Å². The largest absolute Gasteiger partial charge is 2.00 e. The van der Waals surface area contributed by atoms with Crippen LogP contribution < -0.4 is 40.8 Å². The first kappa shape index (κ1) is 103. The first-order valence-corrected chi connectivity index (χ1v) is 35.4. The topological polar surface area (TPSA) is 396 Å². The molecule has 0 N–H and O–H groups in total. The van der Waals surface area contributed by atoms with Crippen molar-refractivity contribution in [2.24, 2.45) is 0 Å². The number of pyridine rings is 4. The first-order valence-electron chi connectivity index (χ1n) is 35.4. The Labute approximate surface area is 757 Å². The number of aromatic nitrogens is 30. The number of alkyl halides is 12. The van der Waals surface area contributed by atoms with Crippen molar-refractivity contribution in [1.29, 1.82) is 0 Å². The maximum absolute atomic E-state index is 12.4. The van der Waals surface area contributed by atoms with Crippen LogP contribution in [-0.2, 0) is 120 Å². The van der Waals surface area contributed by atoms with Gasteiger partial charge in [0.05, 0.1) is 70.3 Å². The van der Waals surface area contributed by atoms with Gasteiger partial charge in [-0.25, -0.2) is 0 Å². The Kier molecular flexibility index (Phi) is 37.9. The molecule has 0 saturated heterocycles. The fourth-order valence-electron chi connectivity index (χ4n) is 9.70. The van der Waals surface area contributed by atoms with Gasteiger partial charge in [-0.15, -0.1) is 0 Å². The van der Waals surface area contributed by atoms with Gasteiger partial charge < -0.3 is 81.3 Å². The Hall–Kier alpha value is -11.6. The smallest absolute Gasteiger partial charge is 0.574 e. The molecule has 0 fully saturated rings. The molecular weight excluding hydrogens is 2370 g/mol. The second-order valence-electron chi connectivity index (χ2n) is 27.4. The minimum absolute atomic E-state index is 0. The van der Waals surface area contributed by atoms with E-state index in [1.165, 1.54) is 86.9 Å². The first-order chi connectivity index (χ1) is 56.6. The monoisotopic (exact) mass is 2430 g/mol. The van der Waals surface area contributed by atoms with E-state index in [1.54, 1.807) is 40.1 Å². The van der Waals surface area contributed by atoms with Crippen LogP contribution in [0.4, 0.5) is 52.7 Å². The summed E-state index contributed by atoms with van der Waals surface area (Å²) in [5, 5.41) is 57.6. The molecule has 0 saturated carbocycles. The summed E-state index contributed by atoms with van der Waals surface area (Å²) in [6, 6.07) is 25.1. The third-order valence-corrected chi connectivity index (χ3v) is 15.8. The van der Waals surface area contributed by atoms with E-state index in [0.29, 0.717) is 34.7 Å². The molecule has 0 unspecified atom stereocenters. The van der Waals surface area contributed by atoms with Crippen LogP contribution in [0.3, 0.4) is 0 Å². The molecule has 0 radical (unpaired) electrons. The molecule has 0 amide bonds. The molecule has 0 aliphatic rings. The maximum atomic E-state index is 12.4. The van der Waals surface area contributed by atoms with Crippen LogP contribution in [0.25, 0.3) is 91.4 Å². The Morgan fingerprint density at radius 2 is 0.613 bits per heavy atom. The Morgan fingerprint density at radius 1 is 0.266 bits per heavy atom. The van der Waals surface area contributed by atoms with Gasteiger partial charge in [-0.05, 0) is 161 Å². The quantitative estimate of drug-likeness (QED) is 0.127. The molecule has 16 heterocycles. The average molecular weight is 2440 g/mol. The SMILES string of the molecule is Cc1c(C(F)(F)F)n[n-]c1-c1cnccn1.Cc1c(C(F)(F)F)n[n-]c1-c1cnccn1.Cc1cc(-c2cc(C(C)(C)C)ccn2)[n-]n1.Cc1cc(-c2cc(C(C)(C)C)ccn2)[n-]n1.Cc1cnc(-c2cc(C(F)(F)F)n[n-]2)cn1.Cc1cnc(-c2cc(C(F)(F)F)n[n-]2)cn1.Cc1n[n-]c(-c2ccccn2)n1.Cc1n[n-]c(-c2ccccn2)n1.[Pt+2].[Pt+2].[Pt+2].[Pt+2]. The average Bonchev–Trinajstić information content (AvgIpc) is 1.67. The second-order valence-corrected chi connectivity index (χ2v) is 27.4. The zero-order chi connectivity index (χ0) is 87.3. The van der Waals surface area contributed by atoms with E-state index in [0.717, 1.165) is 57.7 Å². The van der Waals surface area contributed by atoms with Crippen LogP contribution in [0.15, 0.2) is 172 Å². The number of rotatable bonds is 8. The minimum Gasteiger partial charge on any atom is -0.574 e. The van der Waals surface area contributed by atoms with Gasteiger partial charge in [0.25, 0.3) is 0 Å². The van der Waals surface area contributed by atoms with Gasteiger partial charge in [0.1, 0.15) is 22.8 Å². The number of halogens is 12. The summed E-state index contributed by atoms with van der Waals surface area (Å²) < 4.78 is 148. The van der Waals surface area contributed by atoms with Crippen LogP contribution in [0, 0.1) is 55.4 Å². The minimum atomic E-state index is -4.49. The molecule has 0 aliphatic heterocycles. The van der Waals surface area contributed by atoms with Crippen molar-refractivity contribution in [3.8, 4) is 91.4 Å². The van der Waals surface area contributed by atoms with Crippen LogP contribution in [-0.4, -0.2) is 111 Å². The zero-order valence-corrected chi connectivity index (χ0v) is 76.5. The second kappa shape index (κ2) is 45.7. The van der Waals surface area contributed by atoms with Crippen molar-refractivity contribution >= 4 is 0 Å². The summed E-state index contributed by atoms with van der Waals surface area (Å²) >= 11 is 0. The van der Waals surface area contributed by atoms with Gasteiger partial charge in [-0.2, -0.15) is 52.7 Å². The Balaban J connectivity index is 0.000000251. The molecular formula is C78H70F12N30Pt4. The number of hydrogen-bond acceptors (Lipinski definition) is 22. The van der Waals surface area contributed by atoms with Gasteiger partial charge in [0, 0.05) is 96.4 Å². The normalized spacial score (nSPS) is 11.0. The van der Waals surface area contributed by atoms with Gasteiger partial charge in [0.2, 0.25) is 0 Å². The molecule has 124 heavy (non-hydrogen) atoms. The number of aryl methyl sites for hydroxylation is 6. The van der Waals surface area contributed by atoms with E-state index in [1.807, 2.05) is 86.9 Å². The number of nitrogens with zero attached hydrogens (tertiary/aromatic N) is 30. The van der Waals surface area contributed by atoms with E-state index in [9.17, 15) is 52.7 Å². The Morgan fingerprint density at radius 3 is 0.871 bits per heavy atom. The van der Waals surface area contributed by atoms with Crippen molar-refractivity contribution in [3.63, 3.8) is 0 Å². The standard InChI is InChI=1S/2C13H16N3.4C9H6F3N4.2C8H7N4.4Pt/c2*1-9-7-12(16-15-9)11-8-10(5-6-14-11)13(2,3)4;2*1-5-3-14-7(4-13-5)6-2-8(16-15-6)9(10,11)12;2*1-5-7(6-4-13-2-3-14-6)15-16-8(5)9(10,11)12;2*1-6-10-8(12-11-6)7-4-2-3-5-9-7;;;;/h2*5-8H,1-4H3;4*2-4H,1H3;2*2-5H,1H3;;;;/q8*-1;4*+2. The zero-order valence-electron chi connectivity index (χ0n) is 67.4. The molecule has 30 nitrogen and oxygen atoms in total. The third kappa shape index (κ3) is 30.4. The summed E-state index contributed by atoms with van der Waals surface area (Å²) in [5.41, 5.74) is 8.42. The van der Waals surface area contributed by atoms with Gasteiger partial charge in [-0.1, -0.05) is 100.0 Å². The van der Waals surface area contributed by atoms with E-state index in [4.69, 9.17) is 0 Å². The molecule has 16 aromatic heterocycles. The third-order valence-electron chi connectivity index (χ3n) is 15.8. The van der Waals surface area contributed by atoms with Crippen molar-refractivity contribution in [2.45, 2.75) is 132 Å². The summed E-state index contributed by atoms with van der Waals surface area (Å²) in [6.45, 7) is 26.7. The molecule has 0 aromatic carbocycles. The van der Waals surface area contributed by atoms with Crippen molar-refractivity contribution in [2.75, 3.05) is 0 Å². The molecule has 0 bridgehead atoms. The molecule has 0 atom stereocenters. The van der Waals surface area contributed by atoms with Crippen LogP contribution in [0.1, 0.15) is 121 Å². The van der Waals surface area contributed by atoms with E-state index < -0.39 is 47.5 Å². The van der Waals surface area contributed by atoms with Gasteiger partial charge in [-0.3, -0.25) is 70.0 Å². The molecule has 0 spiro atoms. The summed E-state index contributed by atoms with van der Waals surface area (Å²) in [4.78, 5) is 56.0. The van der Waals surface area contributed by atoms with Gasteiger partial charge >= 0.3 is 109 Å². The maximum Gasteiger partial charge on any atom is 2.00 e. The predicted octanol–water partition coefficient (Wildman–Crippen LogP) is 14.3. The summed E-state index contributed by atoms with van der Waals surface area (Å²) in [7, 11) is 0. The van der Waals surface area contributed by atoms with Crippen LogP contribution in [0.5, 0.6) is 0 Å².